The zero-order valence-electron chi connectivity index (χ0n) is 21.6. The highest BCUT2D eigenvalue weighted by atomic mass is 16.6. The topological polar surface area (TPSA) is 127 Å². The summed E-state index contributed by atoms with van der Waals surface area (Å²) in [6.07, 6.45) is 0.0915. The molecular formula is C28H30N6O5. The highest BCUT2D eigenvalue weighted by molar-refractivity contribution is 5.95. The normalized spacial score (nSPS) is 21.9. The molecule has 2 amide bonds. The van der Waals surface area contributed by atoms with Gasteiger partial charge in [-0.15, -0.1) is 0 Å². The number of rotatable bonds is 9. The summed E-state index contributed by atoms with van der Waals surface area (Å²) in [6, 6.07) is 17.8. The summed E-state index contributed by atoms with van der Waals surface area (Å²) in [5, 5.41) is 9.39. The zero-order chi connectivity index (χ0) is 26.8. The largest absolute Gasteiger partial charge is 0.480 e. The SMILES string of the molecule is CC1NCC1Oc1cccc(-c2cccc(CNCC[C@H]3CN(c4ccc5c(n4)NC(=O)CO5)C(=O)O3)c2)n1. The van der Waals surface area contributed by atoms with Gasteiger partial charge in [-0.25, -0.2) is 14.8 Å². The van der Waals surface area contributed by atoms with Crippen molar-refractivity contribution in [3.63, 3.8) is 0 Å². The van der Waals surface area contributed by atoms with Gasteiger partial charge in [-0.1, -0.05) is 24.3 Å². The van der Waals surface area contributed by atoms with Gasteiger partial charge in [-0.05, 0) is 49.7 Å². The van der Waals surface area contributed by atoms with Gasteiger partial charge in [-0.3, -0.25) is 9.69 Å². The van der Waals surface area contributed by atoms with Crippen molar-refractivity contribution < 1.29 is 23.8 Å². The Morgan fingerprint density at radius 1 is 1.13 bits per heavy atom. The lowest BCUT2D eigenvalue weighted by Crippen LogP contribution is -2.58. The fourth-order valence-corrected chi connectivity index (χ4v) is 4.69. The van der Waals surface area contributed by atoms with Crippen LogP contribution in [0, 0.1) is 0 Å². The third-order valence-corrected chi connectivity index (χ3v) is 7.00. The maximum atomic E-state index is 12.5. The molecule has 2 saturated heterocycles. The second-order valence-electron chi connectivity index (χ2n) is 9.85. The minimum absolute atomic E-state index is 0.0456. The van der Waals surface area contributed by atoms with Crippen LogP contribution in [0.15, 0.2) is 54.6 Å². The van der Waals surface area contributed by atoms with Crippen molar-refractivity contribution in [1.82, 2.24) is 20.6 Å². The summed E-state index contributed by atoms with van der Waals surface area (Å²) in [4.78, 5) is 34.6. The first-order valence-electron chi connectivity index (χ1n) is 13.1. The van der Waals surface area contributed by atoms with Gasteiger partial charge in [0, 0.05) is 30.8 Å². The molecule has 0 saturated carbocycles. The summed E-state index contributed by atoms with van der Waals surface area (Å²) in [5.41, 5.74) is 3.03. The quantitative estimate of drug-likeness (QED) is 0.358. The molecule has 3 atom stereocenters. The molecule has 39 heavy (non-hydrogen) atoms. The van der Waals surface area contributed by atoms with Crippen molar-refractivity contribution in [2.75, 3.05) is 36.5 Å². The Kier molecular flexibility index (Phi) is 6.99. The van der Waals surface area contributed by atoms with E-state index in [1.807, 2.05) is 30.3 Å². The number of cyclic esters (lactones) is 1. The van der Waals surface area contributed by atoms with Gasteiger partial charge in [0.1, 0.15) is 18.0 Å². The van der Waals surface area contributed by atoms with Crippen LogP contribution in [0.2, 0.25) is 0 Å². The van der Waals surface area contributed by atoms with E-state index in [1.165, 1.54) is 4.90 Å². The smallest absolute Gasteiger partial charge is 0.415 e. The number of fused-ring (bicyclic) bond motifs is 1. The first kappa shape index (κ1) is 25.1. The molecule has 202 valence electrons. The molecule has 6 rings (SSSR count). The summed E-state index contributed by atoms with van der Waals surface area (Å²) in [6.45, 7) is 4.63. The van der Waals surface area contributed by atoms with E-state index in [4.69, 9.17) is 19.2 Å². The van der Waals surface area contributed by atoms with Crippen molar-refractivity contribution in [1.29, 1.82) is 0 Å². The number of nitrogens with one attached hydrogen (secondary N) is 3. The number of carbonyl (C=O) groups excluding carboxylic acids is 2. The van der Waals surface area contributed by atoms with Crippen LogP contribution >= 0.6 is 0 Å². The number of hydrogen-bond acceptors (Lipinski definition) is 9. The van der Waals surface area contributed by atoms with Gasteiger partial charge in [-0.2, -0.15) is 0 Å². The minimum Gasteiger partial charge on any atom is -0.480 e. The number of carbonyl (C=O) groups is 2. The number of anilines is 2. The molecule has 3 aromatic rings. The second kappa shape index (κ2) is 10.9. The summed E-state index contributed by atoms with van der Waals surface area (Å²) < 4.78 is 16.9. The summed E-state index contributed by atoms with van der Waals surface area (Å²) in [5.74, 6) is 1.56. The molecular weight excluding hydrogens is 500 g/mol. The molecule has 11 nitrogen and oxygen atoms in total. The first-order chi connectivity index (χ1) is 19.0. The molecule has 3 N–H and O–H groups in total. The third-order valence-electron chi connectivity index (χ3n) is 7.00. The van der Waals surface area contributed by atoms with Crippen molar-refractivity contribution in [3.05, 3.63) is 60.2 Å². The van der Waals surface area contributed by atoms with E-state index < -0.39 is 6.09 Å². The number of amides is 2. The Morgan fingerprint density at radius 2 is 2.03 bits per heavy atom. The number of benzene rings is 1. The Balaban J connectivity index is 1.00. The van der Waals surface area contributed by atoms with E-state index in [-0.39, 0.29) is 24.7 Å². The number of aromatic nitrogens is 2. The van der Waals surface area contributed by atoms with Crippen LogP contribution in [0.1, 0.15) is 18.9 Å². The fourth-order valence-electron chi connectivity index (χ4n) is 4.69. The molecule has 0 aliphatic carbocycles. The van der Waals surface area contributed by atoms with Crippen molar-refractivity contribution in [3.8, 4) is 22.9 Å². The van der Waals surface area contributed by atoms with Crippen LogP contribution in [-0.2, 0) is 16.1 Å². The standard InChI is InChI=1S/C28H30N6O5/c1-17-23(14-30-17)39-26-7-3-6-21(31-26)19-5-2-4-18(12-19)13-29-11-10-20-15-34(28(36)38-20)24-9-8-22-27(32-24)33-25(35)16-37-22/h2-9,12,17,20,23,29-30H,10-11,13-16H2,1H3,(H,32,33,35)/t17?,20-,23?/m0/s1. The Hall–Kier alpha value is -4.22. The predicted octanol–water partition coefficient (Wildman–Crippen LogP) is 2.72. The molecule has 2 unspecified atom stereocenters. The Labute approximate surface area is 225 Å². The van der Waals surface area contributed by atoms with Crippen LogP contribution in [-0.4, -0.2) is 66.5 Å². The predicted molar refractivity (Wildman–Crippen MR) is 144 cm³/mol. The van der Waals surface area contributed by atoms with Crippen molar-refractivity contribution in [2.24, 2.45) is 0 Å². The fraction of sp³-hybridized carbons (Fsp3) is 0.357. The molecule has 5 heterocycles. The molecule has 3 aliphatic rings. The first-order valence-corrected chi connectivity index (χ1v) is 13.1. The Bertz CT molecular complexity index is 1380. The summed E-state index contributed by atoms with van der Waals surface area (Å²) >= 11 is 0. The van der Waals surface area contributed by atoms with Crippen LogP contribution in [0.25, 0.3) is 11.3 Å². The zero-order valence-corrected chi connectivity index (χ0v) is 21.6. The average molecular weight is 531 g/mol. The lowest BCUT2D eigenvalue weighted by atomic mass is 10.1. The monoisotopic (exact) mass is 530 g/mol. The van der Waals surface area contributed by atoms with Crippen LogP contribution in [0.3, 0.4) is 0 Å². The van der Waals surface area contributed by atoms with E-state index in [9.17, 15) is 9.59 Å². The van der Waals surface area contributed by atoms with E-state index >= 15 is 0 Å². The van der Waals surface area contributed by atoms with Crippen LogP contribution in [0.5, 0.6) is 11.6 Å². The Morgan fingerprint density at radius 3 is 2.87 bits per heavy atom. The maximum Gasteiger partial charge on any atom is 0.415 e. The van der Waals surface area contributed by atoms with Gasteiger partial charge in [0.2, 0.25) is 5.88 Å². The third kappa shape index (κ3) is 5.64. The van der Waals surface area contributed by atoms with Gasteiger partial charge in [0.25, 0.3) is 5.91 Å². The second-order valence-corrected chi connectivity index (χ2v) is 9.85. The lowest BCUT2D eigenvalue weighted by molar-refractivity contribution is -0.118. The van der Waals surface area contributed by atoms with Crippen LogP contribution < -0.4 is 30.3 Å². The van der Waals surface area contributed by atoms with E-state index in [0.29, 0.717) is 55.4 Å². The minimum atomic E-state index is -0.454. The molecule has 0 radical (unpaired) electrons. The molecule has 3 aliphatic heterocycles. The van der Waals surface area contributed by atoms with Gasteiger partial charge < -0.3 is 30.2 Å². The van der Waals surface area contributed by atoms with E-state index in [0.717, 1.165) is 23.4 Å². The number of nitrogens with zero attached hydrogens (tertiary/aromatic N) is 3. The summed E-state index contributed by atoms with van der Waals surface area (Å²) in [7, 11) is 0. The van der Waals surface area contributed by atoms with Crippen LogP contribution in [0.4, 0.5) is 16.4 Å². The highest BCUT2D eigenvalue weighted by Gasteiger charge is 2.33. The highest BCUT2D eigenvalue weighted by Crippen LogP contribution is 2.30. The van der Waals surface area contributed by atoms with E-state index in [2.05, 4.69) is 40.0 Å². The molecule has 2 fully saturated rings. The lowest BCUT2D eigenvalue weighted by Gasteiger charge is -2.34. The number of hydrogen-bond donors (Lipinski definition) is 3. The van der Waals surface area contributed by atoms with Gasteiger partial charge >= 0.3 is 6.09 Å². The molecule has 0 bridgehead atoms. The molecule has 11 heteroatoms. The molecule has 2 aromatic heterocycles. The van der Waals surface area contributed by atoms with Gasteiger partial charge in [0.15, 0.2) is 18.2 Å². The average Bonchev–Trinajstić information content (AvgIpc) is 3.33. The maximum absolute atomic E-state index is 12.5. The van der Waals surface area contributed by atoms with Crippen molar-refractivity contribution >= 4 is 23.6 Å². The van der Waals surface area contributed by atoms with Gasteiger partial charge in [0.05, 0.1) is 12.2 Å². The number of pyridine rings is 2. The van der Waals surface area contributed by atoms with E-state index in [1.54, 1.807) is 12.1 Å². The molecule has 1 aromatic carbocycles. The van der Waals surface area contributed by atoms with Crippen molar-refractivity contribution in [2.45, 2.75) is 38.1 Å². The number of ether oxygens (including phenoxy) is 3. The molecule has 0 spiro atoms.